The predicted molar refractivity (Wildman–Crippen MR) is 185 cm³/mol. The summed E-state index contributed by atoms with van der Waals surface area (Å²) >= 11 is 0. The Labute approximate surface area is 277 Å². The first-order valence-electron chi connectivity index (χ1n) is 16.9. The molecule has 0 saturated carbocycles. The summed E-state index contributed by atoms with van der Waals surface area (Å²) < 4.78 is 24.1. The van der Waals surface area contributed by atoms with E-state index in [1.807, 2.05) is 62.3 Å². The summed E-state index contributed by atoms with van der Waals surface area (Å²) in [4.78, 5) is 20.1. The van der Waals surface area contributed by atoms with Gasteiger partial charge in [-0.15, -0.1) is 0 Å². The quantitative estimate of drug-likeness (QED) is 0.104. The van der Waals surface area contributed by atoms with Gasteiger partial charge in [-0.25, -0.2) is 4.79 Å². The number of carbonyl (C=O) groups is 1. The molecule has 0 aromatic rings. The molecule has 0 aliphatic rings. The van der Waals surface area contributed by atoms with Gasteiger partial charge in [0.25, 0.3) is 0 Å². The minimum absolute atomic E-state index is 0.242. The number of nitrogens with zero attached hydrogens (tertiary/aromatic N) is 1. The van der Waals surface area contributed by atoms with Gasteiger partial charge in [-0.05, 0) is 136 Å². The van der Waals surface area contributed by atoms with Crippen LogP contribution in [0.2, 0.25) is 0 Å². The Bertz CT molecular complexity index is 803. The summed E-state index contributed by atoms with van der Waals surface area (Å²) in [7, 11) is 0. The van der Waals surface area contributed by atoms with Crippen molar-refractivity contribution in [2.75, 3.05) is 39.5 Å². The second kappa shape index (κ2) is 17.9. The highest BCUT2D eigenvalue weighted by molar-refractivity contribution is 5.66. The van der Waals surface area contributed by atoms with Gasteiger partial charge in [-0.2, -0.15) is 5.48 Å². The van der Waals surface area contributed by atoms with Crippen LogP contribution in [-0.4, -0.2) is 89.5 Å². The Hall–Kier alpha value is -1.01. The molecule has 10 heteroatoms. The SMILES string of the molecule is CC(C)(N)CCOC(C)(C)CCN(CCC(C)(C)OCCC(C)(C)N)CCC(C)(C)OCCC(C)(C)ONC(=O)OC(C)(C)C. The standard InChI is InChI=1S/C35H74N4O6/c1-29(2,3)44-28(40)38-45-35(14,15)21-27-43-34(12,13)18-24-39(22-16-32(8,9)41-25-19-30(4,5)36)23-17-33(10,11)42-26-20-31(6,7)37/h16-27,36-37H2,1-15H3,(H,38,40). The van der Waals surface area contributed by atoms with Gasteiger partial charge in [-0.1, -0.05) is 0 Å². The summed E-state index contributed by atoms with van der Waals surface area (Å²) in [5.74, 6) is 0. The maximum Gasteiger partial charge on any atom is 0.431 e. The molecule has 45 heavy (non-hydrogen) atoms. The average Bonchev–Trinajstić information content (AvgIpc) is 2.79. The highest BCUT2D eigenvalue weighted by Crippen LogP contribution is 2.23. The molecular formula is C35H74N4O6. The first-order chi connectivity index (χ1) is 20.0. The van der Waals surface area contributed by atoms with E-state index in [0.29, 0.717) is 26.2 Å². The molecular weight excluding hydrogens is 572 g/mol. The number of hydrogen-bond donors (Lipinski definition) is 3. The minimum atomic E-state index is -0.617. The second-order valence-electron chi connectivity index (χ2n) is 17.6. The lowest BCUT2D eigenvalue weighted by atomic mass is 9.99. The maximum absolute atomic E-state index is 12.0. The third kappa shape index (κ3) is 26.7. The fourth-order valence-corrected chi connectivity index (χ4v) is 4.12. The highest BCUT2D eigenvalue weighted by Gasteiger charge is 2.28. The van der Waals surface area contributed by atoms with Gasteiger partial charge in [-0.3, -0.25) is 4.84 Å². The highest BCUT2D eigenvalue weighted by atomic mass is 16.7. The van der Waals surface area contributed by atoms with Gasteiger partial charge in [0.05, 0.1) is 29.0 Å². The van der Waals surface area contributed by atoms with Gasteiger partial charge >= 0.3 is 6.09 Å². The van der Waals surface area contributed by atoms with Crippen LogP contribution in [0.15, 0.2) is 0 Å². The van der Waals surface area contributed by atoms with Crippen molar-refractivity contribution in [1.82, 2.24) is 10.4 Å². The van der Waals surface area contributed by atoms with Crippen LogP contribution in [0, 0.1) is 0 Å². The van der Waals surface area contributed by atoms with Crippen LogP contribution in [-0.2, 0) is 23.8 Å². The van der Waals surface area contributed by atoms with Crippen molar-refractivity contribution in [3.8, 4) is 0 Å². The summed E-state index contributed by atoms with van der Waals surface area (Å²) in [5.41, 5.74) is 12.2. The van der Waals surface area contributed by atoms with Crippen molar-refractivity contribution >= 4 is 6.09 Å². The molecule has 270 valence electrons. The lowest BCUT2D eigenvalue weighted by molar-refractivity contribution is -0.112. The van der Waals surface area contributed by atoms with E-state index in [1.54, 1.807) is 0 Å². The van der Waals surface area contributed by atoms with E-state index < -0.39 is 17.3 Å². The zero-order valence-electron chi connectivity index (χ0n) is 32.0. The number of carbonyl (C=O) groups excluding carboxylic acids is 1. The molecule has 0 aliphatic heterocycles. The van der Waals surface area contributed by atoms with E-state index in [9.17, 15) is 4.79 Å². The number of hydroxylamine groups is 1. The summed E-state index contributed by atoms with van der Waals surface area (Å²) in [6, 6.07) is 0. The van der Waals surface area contributed by atoms with Gasteiger partial charge < -0.3 is 35.3 Å². The lowest BCUT2D eigenvalue weighted by Gasteiger charge is -2.35. The van der Waals surface area contributed by atoms with Crippen molar-refractivity contribution in [3.63, 3.8) is 0 Å². The Morgan fingerprint density at radius 3 is 1.18 bits per heavy atom. The molecule has 0 atom stereocenters. The zero-order chi connectivity index (χ0) is 35.4. The third-order valence-electron chi connectivity index (χ3n) is 7.58. The summed E-state index contributed by atoms with van der Waals surface area (Å²) in [5, 5.41) is 0. The molecule has 0 unspecified atom stereocenters. The maximum atomic E-state index is 12.0. The summed E-state index contributed by atoms with van der Waals surface area (Å²) in [6.45, 7) is 34.7. The second-order valence-corrected chi connectivity index (χ2v) is 17.6. The Kier molecular flexibility index (Phi) is 17.5. The molecule has 0 bridgehead atoms. The Morgan fingerprint density at radius 1 is 0.533 bits per heavy atom. The molecule has 5 N–H and O–H groups in total. The van der Waals surface area contributed by atoms with E-state index in [4.69, 9.17) is 35.3 Å². The Balaban J connectivity index is 5.13. The van der Waals surface area contributed by atoms with Gasteiger partial charge in [0, 0.05) is 50.3 Å². The fraction of sp³-hybridized carbons (Fsp3) is 0.971. The minimum Gasteiger partial charge on any atom is -0.442 e. The number of rotatable bonds is 23. The largest absolute Gasteiger partial charge is 0.442 e. The van der Waals surface area contributed by atoms with Crippen molar-refractivity contribution in [2.45, 2.75) is 181 Å². The average molecular weight is 647 g/mol. The van der Waals surface area contributed by atoms with Crippen LogP contribution in [0.5, 0.6) is 0 Å². The topological polar surface area (TPSA) is 131 Å². The fourth-order valence-electron chi connectivity index (χ4n) is 4.12. The molecule has 10 nitrogen and oxygen atoms in total. The molecule has 0 fully saturated rings. The number of amides is 1. The molecule has 0 aromatic carbocycles. The molecule has 0 radical (unpaired) electrons. The van der Waals surface area contributed by atoms with Crippen LogP contribution in [0.1, 0.15) is 142 Å². The third-order valence-corrected chi connectivity index (χ3v) is 7.58. The molecule has 0 saturated heterocycles. The van der Waals surface area contributed by atoms with Crippen molar-refractivity contribution < 1.29 is 28.6 Å². The monoisotopic (exact) mass is 647 g/mol. The molecule has 0 spiro atoms. The first kappa shape index (κ1) is 44.0. The molecule has 0 aromatic heterocycles. The molecule has 0 rings (SSSR count). The Morgan fingerprint density at radius 2 is 0.867 bits per heavy atom. The van der Waals surface area contributed by atoms with E-state index in [2.05, 4.69) is 51.9 Å². The normalized spacial score (nSPS) is 14.3. The van der Waals surface area contributed by atoms with Crippen LogP contribution in [0.25, 0.3) is 0 Å². The number of hydrogen-bond acceptors (Lipinski definition) is 9. The van der Waals surface area contributed by atoms with E-state index in [1.165, 1.54) is 0 Å². The predicted octanol–water partition coefficient (Wildman–Crippen LogP) is 6.72. The molecule has 0 aliphatic carbocycles. The molecule has 1 amide bonds. The van der Waals surface area contributed by atoms with Gasteiger partial charge in [0.2, 0.25) is 0 Å². The van der Waals surface area contributed by atoms with E-state index >= 15 is 0 Å². The first-order valence-corrected chi connectivity index (χ1v) is 16.9. The number of nitrogens with two attached hydrogens (primary N) is 2. The van der Waals surface area contributed by atoms with Gasteiger partial charge in [0.15, 0.2) is 0 Å². The van der Waals surface area contributed by atoms with Crippen molar-refractivity contribution in [2.24, 2.45) is 11.5 Å². The van der Waals surface area contributed by atoms with Crippen LogP contribution in [0.3, 0.4) is 0 Å². The van der Waals surface area contributed by atoms with Gasteiger partial charge in [0.1, 0.15) is 5.60 Å². The van der Waals surface area contributed by atoms with Crippen LogP contribution in [0.4, 0.5) is 4.79 Å². The van der Waals surface area contributed by atoms with Crippen molar-refractivity contribution in [1.29, 1.82) is 0 Å². The van der Waals surface area contributed by atoms with E-state index in [-0.39, 0.29) is 27.9 Å². The van der Waals surface area contributed by atoms with E-state index in [0.717, 1.165) is 51.7 Å². The number of ether oxygens (including phenoxy) is 4. The van der Waals surface area contributed by atoms with Crippen LogP contribution >= 0.6 is 0 Å². The smallest absolute Gasteiger partial charge is 0.431 e. The summed E-state index contributed by atoms with van der Waals surface area (Å²) in [6.07, 6.45) is 4.29. The number of nitrogens with one attached hydrogen (secondary N) is 1. The zero-order valence-corrected chi connectivity index (χ0v) is 32.0. The molecule has 0 heterocycles. The van der Waals surface area contributed by atoms with Crippen LogP contribution < -0.4 is 16.9 Å². The van der Waals surface area contributed by atoms with Crippen molar-refractivity contribution in [3.05, 3.63) is 0 Å². The lowest BCUT2D eigenvalue weighted by Crippen LogP contribution is -2.41.